The van der Waals surface area contributed by atoms with Gasteiger partial charge in [-0.1, -0.05) is 30.3 Å². The molecule has 1 N–H and O–H groups in total. The Labute approximate surface area is 124 Å². The standard InChI is InChI=1S/C16H10FNO2S/c17-13-7-11(6-12(8-19)15(13)20)16-14(18-9-21-16)10-4-2-1-3-5-10/h1-9,20H. The van der Waals surface area contributed by atoms with Crippen LogP contribution in [0.4, 0.5) is 4.39 Å². The number of halogens is 1. The Hall–Kier alpha value is -2.53. The molecule has 104 valence electrons. The molecular formula is C16H10FNO2S. The molecule has 2 aromatic carbocycles. The third kappa shape index (κ3) is 2.43. The fourth-order valence-electron chi connectivity index (χ4n) is 2.09. The summed E-state index contributed by atoms with van der Waals surface area (Å²) in [6.45, 7) is 0. The maximum Gasteiger partial charge on any atom is 0.166 e. The zero-order valence-corrected chi connectivity index (χ0v) is 11.6. The number of thiazole rings is 1. The minimum absolute atomic E-state index is 0.0718. The van der Waals surface area contributed by atoms with Crippen LogP contribution in [0.15, 0.2) is 48.0 Å². The number of hydrogen-bond acceptors (Lipinski definition) is 4. The quantitative estimate of drug-likeness (QED) is 0.740. The first kappa shape index (κ1) is 13.5. The van der Waals surface area contributed by atoms with Gasteiger partial charge < -0.3 is 5.11 Å². The van der Waals surface area contributed by atoms with Crippen LogP contribution in [-0.4, -0.2) is 16.4 Å². The number of phenolic OH excluding ortho intramolecular Hbond substituents is 1. The Kier molecular flexibility index (Phi) is 3.50. The molecular weight excluding hydrogens is 289 g/mol. The van der Waals surface area contributed by atoms with Crippen LogP contribution in [-0.2, 0) is 0 Å². The van der Waals surface area contributed by atoms with Gasteiger partial charge in [0.25, 0.3) is 0 Å². The lowest BCUT2D eigenvalue weighted by Crippen LogP contribution is -1.89. The van der Waals surface area contributed by atoms with Crippen molar-refractivity contribution >= 4 is 17.6 Å². The van der Waals surface area contributed by atoms with Crippen molar-refractivity contribution in [2.24, 2.45) is 0 Å². The van der Waals surface area contributed by atoms with Gasteiger partial charge in [-0.15, -0.1) is 11.3 Å². The third-order valence-corrected chi connectivity index (χ3v) is 3.97. The molecule has 0 amide bonds. The molecule has 0 bridgehead atoms. The molecule has 1 aromatic heterocycles. The van der Waals surface area contributed by atoms with Crippen molar-refractivity contribution in [3.63, 3.8) is 0 Å². The highest BCUT2D eigenvalue weighted by Crippen LogP contribution is 2.37. The highest BCUT2D eigenvalue weighted by molar-refractivity contribution is 7.13. The van der Waals surface area contributed by atoms with Gasteiger partial charge >= 0.3 is 0 Å². The molecule has 0 saturated carbocycles. The van der Waals surface area contributed by atoms with E-state index in [9.17, 15) is 14.3 Å². The first-order valence-corrected chi connectivity index (χ1v) is 7.05. The predicted molar refractivity (Wildman–Crippen MR) is 80.0 cm³/mol. The van der Waals surface area contributed by atoms with E-state index in [-0.39, 0.29) is 5.56 Å². The molecule has 0 aliphatic rings. The summed E-state index contributed by atoms with van der Waals surface area (Å²) in [7, 11) is 0. The summed E-state index contributed by atoms with van der Waals surface area (Å²) in [5.74, 6) is -1.44. The van der Waals surface area contributed by atoms with Crippen molar-refractivity contribution in [2.75, 3.05) is 0 Å². The number of carbonyl (C=O) groups excluding carboxylic acids is 1. The summed E-state index contributed by atoms with van der Waals surface area (Å²) < 4.78 is 13.7. The number of phenols is 1. The Morgan fingerprint density at radius 3 is 2.62 bits per heavy atom. The average molecular weight is 299 g/mol. The molecule has 0 fully saturated rings. The lowest BCUT2D eigenvalue weighted by Gasteiger charge is -2.06. The number of aromatic hydroxyl groups is 1. The lowest BCUT2D eigenvalue weighted by molar-refractivity contribution is 0.112. The van der Waals surface area contributed by atoms with Gasteiger partial charge in [0, 0.05) is 5.56 Å². The molecule has 5 heteroatoms. The van der Waals surface area contributed by atoms with Gasteiger partial charge in [-0.3, -0.25) is 4.79 Å². The summed E-state index contributed by atoms with van der Waals surface area (Å²) in [4.78, 5) is 16.0. The molecule has 0 spiro atoms. The molecule has 0 atom stereocenters. The molecule has 3 nitrogen and oxygen atoms in total. The van der Waals surface area contributed by atoms with Crippen LogP contribution in [0.5, 0.6) is 5.75 Å². The first-order valence-electron chi connectivity index (χ1n) is 6.17. The van der Waals surface area contributed by atoms with Gasteiger partial charge in [-0.05, 0) is 17.7 Å². The summed E-state index contributed by atoms with van der Waals surface area (Å²) in [6.07, 6.45) is 0.436. The Morgan fingerprint density at radius 2 is 1.90 bits per heavy atom. The number of nitrogens with zero attached hydrogens (tertiary/aromatic N) is 1. The Morgan fingerprint density at radius 1 is 1.14 bits per heavy atom. The second kappa shape index (κ2) is 5.46. The largest absolute Gasteiger partial charge is 0.504 e. The van der Waals surface area contributed by atoms with Crippen molar-refractivity contribution in [3.8, 4) is 27.4 Å². The average Bonchev–Trinajstić information content (AvgIpc) is 3.00. The van der Waals surface area contributed by atoms with Gasteiger partial charge in [-0.25, -0.2) is 9.37 Å². The topological polar surface area (TPSA) is 50.2 Å². The maximum absolute atomic E-state index is 13.7. The normalized spacial score (nSPS) is 10.5. The number of rotatable bonds is 3. The van der Waals surface area contributed by atoms with E-state index in [1.165, 1.54) is 23.5 Å². The van der Waals surface area contributed by atoms with Crippen molar-refractivity contribution in [1.29, 1.82) is 0 Å². The number of benzene rings is 2. The van der Waals surface area contributed by atoms with Crippen LogP contribution < -0.4 is 0 Å². The number of carbonyl (C=O) groups is 1. The van der Waals surface area contributed by atoms with E-state index < -0.39 is 11.6 Å². The number of aldehydes is 1. The van der Waals surface area contributed by atoms with Gasteiger partial charge in [0.05, 0.1) is 21.6 Å². The van der Waals surface area contributed by atoms with Gasteiger partial charge in [0.15, 0.2) is 17.9 Å². The van der Waals surface area contributed by atoms with Crippen LogP contribution in [0, 0.1) is 5.82 Å². The number of aromatic nitrogens is 1. The minimum Gasteiger partial charge on any atom is -0.504 e. The van der Waals surface area contributed by atoms with E-state index >= 15 is 0 Å². The summed E-state index contributed by atoms with van der Waals surface area (Å²) in [5, 5.41) is 9.49. The van der Waals surface area contributed by atoms with E-state index in [2.05, 4.69) is 4.98 Å². The van der Waals surface area contributed by atoms with Crippen LogP contribution in [0.2, 0.25) is 0 Å². The van der Waals surface area contributed by atoms with Gasteiger partial charge in [0.1, 0.15) is 0 Å². The van der Waals surface area contributed by atoms with Crippen molar-refractivity contribution in [3.05, 3.63) is 59.4 Å². The Bertz CT molecular complexity index is 799. The van der Waals surface area contributed by atoms with Gasteiger partial charge in [-0.2, -0.15) is 0 Å². The summed E-state index contributed by atoms with van der Waals surface area (Å²) in [6, 6.07) is 12.2. The Balaban J connectivity index is 2.17. The molecule has 0 aliphatic carbocycles. The van der Waals surface area contributed by atoms with Crippen LogP contribution in [0.1, 0.15) is 10.4 Å². The van der Waals surface area contributed by atoms with Crippen molar-refractivity contribution in [2.45, 2.75) is 0 Å². The van der Waals surface area contributed by atoms with Crippen LogP contribution in [0.25, 0.3) is 21.7 Å². The van der Waals surface area contributed by atoms with Crippen molar-refractivity contribution < 1.29 is 14.3 Å². The molecule has 1 heterocycles. The molecule has 0 radical (unpaired) electrons. The molecule has 21 heavy (non-hydrogen) atoms. The van der Waals surface area contributed by atoms with Gasteiger partial charge in [0.2, 0.25) is 0 Å². The third-order valence-electron chi connectivity index (χ3n) is 3.10. The highest BCUT2D eigenvalue weighted by Gasteiger charge is 2.15. The lowest BCUT2D eigenvalue weighted by atomic mass is 10.0. The molecule has 0 saturated heterocycles. The van der Waals surface area contributed by atoms with Crippen LogP contribution in [0.3, 0.4) is 0 Å². The van der Waals surface area contributed by atoms with Crippen LogP contribution >= 0.6 is 11.3 Å². The minimum atomic E-state index is -0.818. The zero-order valence-electron chi connectivity index (χ0n) is 10.8. The smallest absolute Gasteiger partial charge is 0.166 e. The SMILES string of the molecule is O=Cc1cc(-c2scnc2-c2ccccc2)cc(F)c1O. The molecule has 0 aliphatic heterocycles. The van der Waals surface area contributed by atoms with E-state index in [1.54, 1.807) is 5.51 Å². The van der Waals surface area contributed by atoms with E-state index in [0.29, 0.717) is 11.8 Å². The zero-order chi connectivity index (χ0) is 14.8. The number of hydrogen-bond donors (Lipinski definition) is 1. The highest BCUT2D eigenvalue weighted by atomic mass is 32.1. The fourth-order valence-corrected chi connectivity index (χ4v) is 2.89. The monoisotopic (exact) mass is 299 g/mol. The van der Waals surface area contributed by atoms with Crippen molar-refractivity contribution in [1.82, 2.24) is 4.98 Å². The van der Waals surface area contributed by atoms with E-state index in [4.69, 9.17) is 0 Å². The summed E-state index contributed by atoms with van der Waals surface area (Å²) in [5.41, 5.74) is 3.76. The second-order valence-electron chi connectivity index (χ2n) is 4.41. The van der Waals surface area contributed by atoms with E-state index in [1.807, 2.05) is 30.3 Å². The fraction of sp³-hybridized carbons (Fsp3) is 0. The van der Waals surface area contributed by atoms with E-state index in [0.717, 1.165) is 16.1 Å². The molecule has 3 aromatic rings. The summed E-state index contributed by atoms with van der Waals surface area (Å²) >= 11 is 1.36. The first-order chi connectivity index (χ1) is 10.2. The second-order valence-corrected chi connectivity index (χ2v) is 5.26. The molecule has 3 rings (SSSR count). The predicted octanol–water partition coefficient (Wildman–Crippen LogP) is 4.13. The molecule has 0 unspecified atom stereocenters. The maximum atomic E-state index is 13.7.